The summed E-state index contributed by atoms with van der Waals surface area (Å²) in [5, 5.41) is 0.0455. The van der Waals surface area contributed by atoms with Gasteiger partial charge >= 0.3 is 0 Å². The Labute approximate surface area is 112 Å². The Morgan fingerprint density at radius 1 is 1.50 bits per heavy atom. The SMILES string of the molecule is Cc1nc(S(=O)(=O)NCCCOCCCl)cn1C. The Hall–Kier alpha value is -0.630. The van der Waals surface area contributed by atoms with Crippen LogP contribution in [0.4, 0.5) is 0 Å². The van der Waals surface area contributed by atoms with Gasteiger partial charge < -0.3 is 9.30 Å². The quantitative estimate of drug-likeness (QED) is 0.565. The van der Waals surface area contributed by atoms with E-state index < -0.39 is 10.0 Å². The van der Waals surface area contributed by atoms with Gasteiger partial charge in [-0.2, -0.15) is 0 Å². The molecule has 0 bridgehead atoms. The molecule has 8 heteroatoms. The molecule has 0 unspecified atom stereocenters. The first-order valence-corrected chi connectivity index (χ1v) is 7.62. The van der Waals surface area contributed by atoms with Crippen molar-refractivity contribution >= 4 is 21.6 Å². The fraction of sp³-hybridized carbons (Fsp3) is 0.700. The summed E-state index contributed by atoms with van der Waals surface area (Å²) in [6.45, 7) is 3.03. The summed E-state index contributed by atoms with van der Waals surface area (Å²) in [6.07, 6.45) is 2.09. The lowest BCUT2D eigenvalue weighted by Crippen LogP contribution is -2.26. The van der Waals surface area contributed by atoms with Crippen LogP contribution in [0.1, 0.15) is 12.2 Å². The van der Waals surface area contributed by atoms with Crippen LogP contribution >= 0.6 is 11.6 Å². The number of alkyl halides is 1. The average molecular weight is 296 g/mol. The van der Waals surface area contributed by atoms with E-state index in [0.717, 1.165) is 0 Å². The molecular formula is C10H18ClN3O3S. The van der Waals surface area contributed by atoms with Gasteiger partial charge in [-0.25, -0.2) is 18.1 Å². The van der Waals surface area contributed by atoms with Crippen LogP contribution in [0.3, 0.4) is 0 Å². The van der Waals surface area contributed by atoms with E-state index in [-0.39, 0.29) is 5.03 Å². The van der Waals surface area contributed by atoms with Crippen LogP contribution < -0.4 is 4.72 Å². The number of ether oxygens (including phenoxy) is 1. The Bertz CT molecular complexity index is 453. The number of sulfonamides is 1. The Balaban J connectivity index is 2.41. The van der Waals surface area contributed by atoms with Crippen LogP contribution in [0, 0.1) is 6.92 Å². The van der Waals surface area contributed by atoms with Gasteiger partial charge in [0.05, 0.1) is 6.61 Å². The van der Waals surface area contributed by atoms with Crippen LogP contribution in [0.25, 0.3) is 0 Å². The minimum Gasteiger partial charge on any atom is -0.380 e. The van der Waals surface area contributed by atoms with E-state index in [4.69, 9.17) is 16.3 Å². The third kappa shape index (κ3) is 4.56. The second-order valence-corrected chi connectivity index (χ2v) is 5.88. The first-order chi connectivity index (χ1) is 8.47. The van der Waals surface area contributed by atoms with Gasteiger partial charge in [0.1, 0.15) is 5.82 Å². The second kappa shape index (κ2) is 7.08. The highest BCUT2D eigenvalue weighted by molar-refractivity contribution is 7.89. The molecule has 6 nitrogen and oxygen atoms in total. The first kappa shape index (κ1) is 15.4. The molecule has 0 aliphatic heterocycles. The minimum absolute atomic E-state index is 0.0455. The van der Waals surface area contributed by atoms with Crippen LogP contribution in [-0.2, 0) is 21.8 Å². The second-order valence-electron chi connectivity index (χ2n) is 3.79. The smallest absolute Gasteiger partial charge is 0.259 e. The Morgan fingerprint density at radius 2 is 2.22 bits per heavy atom. The molecule has 1 heterocycles. The molecule has 0 radical (unpaired) electrons. The lowest BCUT2D eigenvalue weighted by atomic mass is 10.5. The van der Waals surface area contributed by atoms with Crippen LogP contribution in [0.15, 0.2) is 11.2 Å². The Morgan fingerprint density at radius 3 is 2.78 bits per heavy atom. The highest BCUT2D eigenvalue weighted by atomic mass is 35.5. The van der Waals surface area contributed by atoms with Gasteiger partial charge in [-0.1, -0.05) is 0 Å². The van der Waals surface area contributed by atoms with Crippen LogP contribution in [-0.4, -0.2) is 43.6 Å². The third-order valence-electron chi connectivity index (χ3n) is 2.34. The molecular weight excluding hydrogens is 278 g/mol. The molecule has 0 aliphatic rings. The normalized spacial score (nSPS) is 11.9. The first-order valence-electron chi connectivity index (χ1n) is 5.60. The predicted molar refractivity (Wildman–Crippen MR) is 69.3 cm³/mol. The monoisotopic (exact) mass is 295 g/mol. The van der Waals surface area contributed by atoms with Crippen LogP contribution in [0.5, 0.6) is 0 Å². The van der Waals surface area contributed by atoms with Crippen molar-refractivity contribution in [1.82, 2.24) is 14.3 Å². The predicted octanol–water partition coefficient (Wildman–Crippen LogP) is 0.652. The molecule has 0 saturated heterocycles. The number of aromatic nitrogens is 2. The van der Waals surface area contributed by atoms with Crippen molar-refractivity contribution in [2.75, 3.05) is 25.6 Å². The molecule has 1 rings (SSSR count). The van der Waals surface area contributed by atoms with Gasteiger partial charge in [0, 0.05) is 32.3 Å². The maximum absolute atomic E-state index is 11.8. The highest BCUT2D eigenvalue weighted by Gasteiger charge is 2.17. The number of hydrogen-bond donors (Lipinski definition) is 1. The maximum atomic E-state index is 11.8. The number of rotatable bonds is 8. The van der Waals surface area contributed by atoms with E-state index in [9.17, 15) is 8.42 Å². The summed E-state index contributed by atoms with van der Waals surface area (Å²) in [4.78, 5) is 3.97. The van der Waals surface area contributed by atoms with Crippen molar-refractivity contribution in [2.24, 2.45) is 7.05 Å². The standard InChI is InChI=1S/C10H18ClN3O3S/c1-9-13-10(8-14(9)2)18(15,16)12-5-3-6-17-7-4-11/h8,12H,3-7H2,1-2H3. The molecule has 0 atom stereocenters. The Kier molecular flexibility index (Phi) is 6.07. The van der Waals surface area contributed by atoms with E-state index in [1.54, 1.807) is 18.5 Å². The van der Waals surface area contributed by atoms with Gasteiger partial charge in [-0.05, 0) is 13.3 Å². The number of nitrogens with zero attached hydrogens (tertiary/aromatic N) is 2. The summed E-state index contributed by atoms with van der Waals surface area (Å²) in [5.41, 5.74) is 0. The summed E-state index contributed by atoms with van der Waals surface area (Å²) in [7, 11) is -1.77. The van der Waals surface area contributed by atoms with Crippen molar-refractivity contribution in [1.29, 1.82) is 0 Å². The largest absolute Gasteiger partial charge is 0.380 e. The topological polar surface area (TPSA) is 73.2 Å². The van der Waals surface area contributed by atoms with Crippen LogP contribution in [0.2, 0.25) is 0 Å². The zero-order valence-corrected chi connectivity index (χ0v) is 12.1. The molecule has 1 aromatic heterocycles. The number of aryl methyl sites for hydroxylation is 2. The molecule has 0 saturated carbocycles. The third-order valence-corrected chi connectivity index (χ3v) is 3.83. The number of imidazole rings is 1. The van der Waals surface area contributed by atoms with Gasteiger partial charge in [0.2, 0.25) is 0 Å². The average Bonchev–Trinajstić information content (AvgIpc) is 2.65. The molecule has 1 N–H and O–H groups in total. The molecule has 1 aromatic rings. The van der Waals surface area contributed by atoms with Crippen molar-refractivity contribution in [2.45, 2.75) is 18.4 Å². The lowest BCUT2D eigenvalue weighted by molar-refractivity contribution is 0.147. The van der Waals surface area contributed by atoms with Crippen molar-refractivity contribution in [3.05, 3.63) is 12.0 Å². The van der Waals surface area contributed by atoms with E-state index in [2.05, 4.69) is 9.71 Å². The van der Waals surface area contributed by atoms with E-state index in [1.807, 2.05) is 0 Å². The van der Waals surface area contributed by atoms with Gasteiger partial charge in [0.15, 0.2) is 5.03 Å². The zero-order valence-electron chi connectivity index (χ0n) is 10.5. The van der Waals surface area contributed by atoms with Crippen molar-refractivity contribution in [3.8, 4) is 0 Å². The van der Waals surface area contributed by atoms with Gasteiger partial charge in [-0.3, -0.25) is 0 Å². The maximum Gasteiger partial charge on any atom is 0.259 e. The number of nitrogens with one attached hydrogen (secondary N) is 1. The highest BCUT2D eigenvalue weighted by Crippen LogP contribution is 2.07. The van der Waals surface area contributed by atoms with Gasteiger partial charge in [-0.15, -0.1) is 11.6 Å². The fourth-order valence-electron chi connectivity index (χ4n) is 1.27. The van der Waals surface area contributed by atoms with Gasteiger partial charge in [0.25, 0.3) is 10.0 Å². The molecule has 0 amide bonds. The molecule has 0 aliphatic carbocycles. The molecule has 18 heavy (non-hydrogen) atoms. The summed E-state index contributed by atoms with van der Waals surface area (Å²) in [6, 6.07) is 0. The van der Waals surface area contributed by atoms with E-state index >= 15 is 0 Å². The summed E-state index contributed by atoms with van der Waals surface area (Å²) < 4.78 is 33.0. The van der Waals surface area contributed by atoms with E-state index in [1.165, 1.54) is 6.20 Å². The molecule has 0 spiro atoms. The molecule has 0 aromatic carbocycles. The minimum atomic E-state index is -3.52. The van der Waals surface area contributed by atoms with Crippen molar-refractivity contribution < 1.29 is 13.2 Å². The lowest BCUT2D eigenvalue weighted by Gasteiger charge is -2.04. The summed E-state index contributed by atoms with van der Waals surface area (Å²) in [5.74, 6) is 1.10. The number of hydrogen-bond acceptors (Lipinski definition) is 4. The fourth-order valence-corrected chi connectivity index (χ4v) is 2.49. The molecule has 0 fully saturated rings. The van der Waals surface area contributed by atoms with E-state index in [0.29, 0.717) is 37.9 Å². The zero-order chi connectivity index (χ0) is 13.6. The number of halogens is 1. The van der Waals surface area contributed by atoms with Crippen molar-refractivity contribution in [3.63, 3.8) is 0 Å². The summed E-state index contributed by atoms with van der Waals surface area (Å²) >= 11 is 5.44. The molecule has 104 valence electrons.